The number of thiophene rings is 1. The zero-order valence-electron chi connectivity index (χ0n) is 16.5. The third-order valence-electron chi connectivity index (χ3n) is 6.61. The predicted octanol–water partition coefficient (Wildman–Crippen LogP) is 3.53. The maximum atomic E-state index is 5.25. The van der Waals surface area contributed by atoms with Crippen molar-refractivity contribution in [1.29, 1.82) is 0 Å². The van der Waals surface area contributed by atoms with Crippen LogP contribution in [0.15, 0.2) is 0 Å². The van der Waals surface area contributed by atoms with Crippen molar-refractivity contribution in [2.45, 2.75) is 57.9 Å². The van der Waals surface area contributed by atoms with E-state index < -0.39 is 0 Å². The first kappa shape index (κ1) is 17.8. The van der Waals surface area contributed by atoms with Crippen molar-refractivity contribution >= 4 is 27.4 Å². The van der Waals surface area contributed by atoms with Gasteiger partial charge in [-0.1, -0.05) is 26.2 Å². The highest BCUT2D eigenvalue weighted by Crippen LogP contribution is 2.41. The number of hydrogen-bond acceptors (Lipinski definition) is 6. The molecule has 5 nitrogen and oxygen atoms in total. The van der Waals surface area contributed by atoms with E-state index in [0.29, 0.717) is 5.92 Å². The SMILES string of the molecule is CCN1CCc2c(sc3nc(C4CCCCC4)nc(N4CCNCC4)c23)C1. The molecule has 2 aromatic heterocycles. The number of nitrogens with one attached hydrogen (secondary N) is 1. The van der Waals surface area contributed by atoms with E-state index in [1.54, 1.807) is 5.56 Å². The molecular weight excluding hydrogens is 354 g/mol. The largest absolute Gasteiger partial charge is 0.353 e. The molecule has 0 atom stereocenters. The molecule has 4 heterocycles. The molecule has 2 aromatic rings. The van der Waals surface area contributed by atoms with Crippen LogP contribution < -0.4 is 10.2 Å². The Bertz CT molecular complexity index is 804. The van der Waals surface area contributed by atoms with Crippen LogP contribution in [0.2, 0.25) is 0 Å². The van der Waals surface area contributed by atoms with Crippen molar-refractivity contribution in [3.05, 3.63) is 16.3 Å². The Kier molecular flexibility index (Phi) is 5.05. The van der Waals surface area contributed by atoms with E-state index in [9.17, 15) is 0 Å². The fraction of sp³-hybridized carbons (Fsp3) is 0.714. The molecule has 5 rings (SSSR count). The number of anilines is 1. The molecule has 0 unspecified atom stereocenters. The van der Waals surface area contributed by atoms with Crippen LogP contribution in [0.5, 0.6) is 0 Å². The summed E-state index contributed by atoms with van der Waals surface area (Å²) in [5, 5.41) is 4.87. The molecule has 6 heteroatoms. The lowest BCUT2D eigenvalue weighted by atomic mass is 9.88. The maximum Gasteiger partial charge on any atom is 0.141 e. The molecule has 1 aliphatic carbocycles. The molecule has 2 fully saturated rings. The summed E-state index contributed by atoms with van der Waals surface area (Å²) in [6.45, 7) is 9.89. The summed E-state index contributed by atoms with van der Waals surface area (Å²) in [6, 6.07) is 0. The second kappa shape index (κ2) is 7.64. The molecule has 146 valence electrons. The van der Waals surface area contributed by atoms with Crippen LogP contribution in [-0.4, -0.2) is 54.1 Å². The average molecular weight is 386 g/mol. The predicted molar refractivity (Wildman–Crippen MR) is 113 cm³/mol. The molecule has 3 aliphatic rings. The summed E-state index contributed by atoms with van der Waals surface area (Å²) >= 11 is 1.94. The lowest BCUT2D eigenvalue weighted by Crippen LogP contribution is -2.44. The van der Waals surface area contributed by atoms with Gasteiger partial charge in [-0.25, -0.2) is 9.97 Å². The van der Waals surface area contributed by atoms with E-state index >= 15 is 0 Å². The van der Waals surface area contributed by atoms with Crippen LogP contribution in [0.25, 0.3) is 10.2 Å². The molecule has 1 saturated carbocycles. The number of likely N-dealkylation sites (N-methyl/N-ethyl adjacent to an activating group) is 1. The quantitative estimate of drug-likeness (QED) is 0.876. The van der Waals surface area contributed by atoms with Gasteiger partial charge in [0.1, 0.15) is 16.5 Å². The molecule has 2 aliphatic heterocycles. The van der Waals surface area contributed by atoms with Gasteiger partial charge < -0.3 is 10.2 Å². The highest BCUT2D eigenvalue weighted by atomic mass is 32.1. The van der Waals surface area contributed by atoms with Crippen molar-refractivity contribution in [3.63, 3.8) is 0 Å². The van der Waals surface area contributed by atoms with Gasteiger partial charge in [0.2, 0.25) is 0 Å². The Hall–Kier alpha value is -1.24. The Morgan fingerprint density at radius 3 is 2.67 bits per heavy atom. The Morgan fingerprint density at radius 1 is 1.07 bits per heavy atom. The first-order chi connectivity index (χ1) is 13.3. The van der Waals surface area contributed by atoms with Gasteiger partial charge in [-0.05, 0) is 31.4 Å². The third-order valence-corrected chi connectivity index (χ3v) is 7.72. The summed E-state index contributed by atoms with van der Waals surface area (Å²) in [7, 11) is 0. The zero-order chi connectivity index (χ0) is 18.2. The van der Waals surface area contributed by atoms with Crippen LogP contribution >= 0.6 is 11.3 Å². The second-order valence-corrected chi connectivity index (χ2v) is 9.36. The van der Waals surface area contributed by atoms with E-state index in [1.165, 1.54) is 59.6 Å². The molecule has 0 spiro atoms. The average Bonchev–Trinajstić information content (AvgIpc) is 3.11. The number of nitrogens with zero attached hydrogens (tertiary/aromatic N) is 4. The van der Waals surface area contributed by atoms with Crippen molar-refractivity contribution in [2.24, 2.45) is 0 Å². The monoisotopic (exact) mass is 385 g/mol. The Morgan fingerprint density at radius 2 is 1.89 bits per heavy atom. The van der Waals surface area contributed by atoms with Gasteiger partial charge in [0.25, 0.3) is 0 Å². The Labute approximate surface area is 166 Å². The van der Waals surface area contributed by atoms with Gasteiger partial charge in [-0.3, -0.25) is 4.90 Å². The summed E-state index contributed by atoms with van der Waals surface area (Å²) < 4.78 is 0. The third kappa shape index (κ3) is 3.36. The number of rotatable bonds is 3. The Balaban J connectivity index is 1.61. The van der Waals surface area contributed by atoms with Gasteiger partial charge in [-0.2, -0.15) is 0 Å². The fourth-order valence-corrected chi connectivity index (χ4v) is 6.23. The highest BCUT2D eigenvalue weighted by Gasteiger charge is 2.28. The summed E-state index contributed by atoms with van der Waals surface area (Å²) in [6.07, 6.45) is 7.73. The van der Waals surface area contributed by atoms with Crippen molar-refractivity contribution in [2.75, 3.05) is 44.2 Å². The number of fused-ring (bicyclic) bond motifs is 3. The molecular formula is C21H31N5S. The van der Waals surface area contributed by atoms with Gasteiger partial charge >= 0.3 is 0 Å². The molecule has 1 N–H and O–H groups in total. The van der Waals surface area contributed by atoms with E-state index in [1.807, 2.05) is 11.3 Å². The van der Waals surface area contributed by atoms with Crippen LogP contribution in [-0.2, 0) is 13.0 Å². The normalized spacial score (nSPS) is 22.3. The number of aromatic nitrogens is 2. The van der Waals surface area contributed by atoms with E-state index in [4.69, 9.17) is 9.97 Å². The van der Waals surface area contributed by atoms with Gasteiger partial charge in [0, 0.05) is 50.1 Å². The minimum Gasteiger partial charge on any atom is -0.353 e. The maximum absolute atomic E-state index is 5.25. The molecule has 0 bridgehead atoms. The van der Waals surface area contributed by atoms with E-state index in [2.05, 4.69) is 22.0 Å². The van der Waals surface area contributed by atoms with Gasteiger partial charge in [0.15, 0.2) is 0 Å². The van der Waals surface area contributed by atoms with E-state index in [0.717, 1.165) is 51.5 Å². The van der Waals surface area contributed by atoms with Crippen molar-refractivity contribution in [1.82, 2.24) is 20.2 Å². The second-order valence-electron chi connectivity index (χ2n) is 8.28. The molecule has 0 amide bonds. The first-order valence-electron chi connectivity index (χ1n) is 10.8. The lowest BCUT2D eigenvalue weighted by molar-refractivity contribution is 0.272. The fourth-order valence-electron chi connectivity index (χ4n) is 4.96. The standard InChI is InChI=1S/C21H31N5S/c1-2-25-11-8-16-17(14-25)27-21-18(16)20(26-12-9-22-10-13-26)23-19(24-21)15-6-4-3-5-7-15/h15,22H,2-14H2,1H3. The van der Waals surface area contributed by atoms with Crippen LogP contribution in [0, 0.1) is 0 Å². The molecule has 27 heavy (non-hydrogen) atoms. The summed E-state index contributed by atoms with van der Waals surface area (Å²) in [5.74, 6) is 2.93. The summed E-state index contributed by atoms with van der Waals surface area (Å²) in [4.78, 5) is 18.3. The van der Waals surface area contributed by atoms with Crippen LogP contribution in [0.3, 0.4) is 0 Å². The summed E-state index contributed by atoms with van der Waals surface area (Å²) in [5.41, 5.74) is 1.54. The minimum absolute atomic E-state index is 0.566. The molecule has 0 aromatic carbocycles. The smallest absolute Gasteiger partial charge is 0.141 e. The first-order valence-corrected chi connectivity index (χ1v) is 11.7. The van der Waals surface area contributed by atoms with E-state index in [-0.39, 0.29) is 0 Å². The zero-order valence-corrected chi connectivity index (χ0v) is 17.3. The number of hydrogen-bond donors (Lipinski definition) is 1. The van der Waals surface area contributed by atoms with Crippen molar-refractivity contribution in [3.8, 4) is 0 Å². The van der Waals surface area contributed by atoms with Gasteiger partial charge in [0.05, 0.1) is 5.39 Å². The highest BCUT2D eigenvalue weighted by molar-refractivity contribution is 7.19. The molecule has 1 saturated heterocycles. The number of piperazine rings is 1. The van der Waals surface area contributed by atoms with Gasteiger partial charge in [-0.15, -0.1) is 11.3 Å². The molecule has 0 radical (unpaired) electrons. The van der Waals surface area contributed by atoms with Crippen LogP contribution in [0.4, 0.5) is 5.82 Å². The lowest BCUT2D eigenvalue weighted by Gasteiger charge is -2.31. The topological polar surface area (TPSA) is 44.3 Å². The minimum atomic E-state index is 0.566. The van der Waals surface area contributed by atoms with Crippen LogP contribution in [0.1, 0.15) is 61.2 Å². The van der Waals surface area contributed by atoms with Crippen molar-refractivity contribution < 1.29 is 0 Å².